The molecule has 1 aromatic carbocycles. The van der Waals surface area contributed by atoms with E-state index in [2.05, 4.69) is 5.32 Å². The standard InChI is InChI=1S/C15H18F3NO/c1-11(9-14-10-20-7-6-19-14)8-12-2-4-13(5-3-12)15(16,17)18/h2-5,8,14,19H,6-7,9-10H2,1H3/b11-8-. The second-order valence-corrected chi connectivity index (χ2v) is 5.04. The van der Waals surface area contributed by atoms with Crippen LogP contribution in [-0.4, -0.2) is 25.8 Å². The Bertz CT molecular complexity index is 459. The normalized spacial score (nSPS) is 21.0. The highest BCUT2D eigenvalue weighted by Gasteiger charge is 2.29. The van der Waals surface area contributed by atoms with Gasteiger partial charge in [0.2, 0.25) is 0 Å². The molecule has 1 aromatic rings. The molecule has 1 saturated heterocycles. The maximum atomic E-state index is 12.5. The lowest BCUT2D eigenvalue weighted by Crippen LogP contribution is -2.41. The first-order valence-electron chi connectivity index (χ1n) is 6.61. The Morgan fingerprint density at radius 2 is 2.05 bits per heavy atom. The van der Waals surface area contributed by atoms with E-state index in [0.717, 1.165) is 42.8 Å². The Balaban J connectivity index is 1.98. The van der Waals surface area contributed by atoms with Gasteiger partial charge < -0.3 is 10.1 Å². The van der Waals surface area contributed by atoms with Crippen LogP contribution in [0.5, 0.6) is 0 Å². The molecule has 2 nitrogen and oxygen atoms in total. The van der Waals surface area contributed by atoms with E-state index in [1.165, 1.54) is 12.1 Å². The third kappa shape index (κ3) is 4.35. The lowest BCUT2D eigenvalue weighted by molar-refractivity contribution is -0.137. The van der Waals surface area contributed by atoms with Crippen LogP contribution in [0.1, 0.15) is 24.5 Å². The summed E-state index contributed by atoms with van der Waals surface area (Å²) in [6.45, 7) is 4.24. The lowest BCUT2D eigenvalue weighted by atomic mass is 10.0. The lowest BCUT2D eigenvalue weighted by Gasteiger charge is -2.24. The van der Waals surface area contributed by atoms with Gasteiger partial charge in [-0.1, -0.05) is 23.8 Å². The molecule has 110 valence electrons. The highest BCUT2D eigenvalue weighted by Crippen LogP contribution is 2.29. The molecule has 0 amide bonds. The highest BCUT2D eigenvalue weighted by molar-refractivity contribution is 5.53. The molecule has 1 fully saturated rings. The first kappa shape index (κ1) is 15.1. The molecule has 2 rings (SSSR count). The number of hydrogen-bond acceptors (Lipinski definition) is 2. The van der Waals surface area contributed by atoms with Gasteiger partial charge in [0.05, 0.1) is 18.8 Å². The van der Waals surface area contributed by atoms with E-state index >= 15 is 0 Å². The smallest absolute Gasteiger partial charge is 0.379 e. The molecule has 1 unspecified atom stereocenters. The Hall–Kier alpha value is -1.33. The number of alkyl halides is 3. The van der Waals surface area contributed by atoms with E-state index < -0.39 is 11.7 Å². The van der Waals surface area contributed by atoms with Gasteiger partial charge in [0.1, 0.15) is 0 Å². The van der Waals surface area contributed by atoms with Crippen LogP contribution in [0.15, 0.2) is 29.8 Å². The number of benzene rings is 1. The Morgan fingerprint density at radius 1 is 1.35 bits per heavy atom. The Labute approximate surface area is 116 Å². The predicted molar refractivity (Wildman–Crippen MR) is 72.3 cm³/mol. The Kier molecular flexibility index (Phi) is 4.83. The summed E-state index contributed by atoms with van der Waals surface area (Å²) >= 11 is 0. The van der Waals surface area contributed by atoms with Crippen molar-refractivity contribution in [3.8, 4) is 0 Å². The summed E-state index contributed by atoms with van der Waals surface area (Å²) in [5.41, 5.74) is 1.29. The molecule has 0 aliphatic carbocycles. The molecular formula is C15H18F3NO. The van der Waals surface area contributed by atoms with Gasteiger partial charge >= 0.3 is 6.18 Å². The molecular weight excluding hydrogens is 267 g/mol. The van der Waals surface area contributed by atoms with Crippen LogP contribution < -0.4 is 5.32 Å². The van der Waals surface area contributed by atoms with Crippen molar-refractivity contribution in [1.82, 2.24) is 5.32 Å². The van der Waals surface area contributed by atoms with Crippen LogP contribution >= 0.6 is 0 Å². The third-order valence-corrected chi connectivity index (χ3v) is 3.22. The molecule has 0 saturated carbocycles. The van der Waals surface area contributed by atoms with Crippen molar-refractivity contribution in [2.75, 3.05) is 19.8 Å². The number of halogens is 3. The minimum absolute atomic E-state index is 0.287. The van der Waals surface area contributed by atoms with E-state index in [-0.39, 0.29) is 6.04 Å². The first-order chi connectivity index (χ1) is 9.45. The molecule has 5 heteroatoms. The molecule has 1 atom stereocenters. The average molecular weight is 285 g/mol. The fraction of sp³-hybridized carbons (Fsp3) is 0.467. The quantitative estimate of drug-likeness (QED) is 0.918. The van der Waals surface area contributed by atoms with Crippen molar-refractivity contribution in [2.24, 2.45) is 0 Å². The van der Waals surface area contributed by atoms with Gasteiger partial charge in [-0.05, 0) is 31.0 Å². The number of rotatable bonds is 3. The maximum Gasteiger partial charge on any atom is 0.416 e. The summed E-state index contributed by atoms with van der Waals surface area (Å²) in [5.74, 6) is 0. The molecule has 0 spiro atoms. The van der Waals surface area contributed by atoms with E-state index in [9.17, 15) is 13.2 Å². The van der Waals surface area contributed by atoms with Crippen molar-refractivity contribution >= 4 is 6.08 Å². The van der Waals surface area contributed by atoms with Gasteiger partial charge in [0.25, 0.3) is 0 Å². The van der Waals surface area contributed by atoms with E-state index in [1.807, 2.05) is 13.0 Å². The molecule has 0 bridgehead atoms. The Morgan fingerprint density at radius 3 is 2.60 bits per heavy atom. The van der Waals surface area contributed by atoms with Crippen molar-refractivity contribution in [2.45, 2.75) is 25.6 Å². The number of hydrogen-bond donors (Lipinski definition) is 1. The fourth-order valence-corrected chi connectivity index (χ4v) is 2.25. The van der Waals surface area contributed by atoms with Crippen LogP contribution in [-0.2, 0) is 10.9 Å². The third-order valence-electron chi connectivity index (χ3n) is 3.22. The average Bonchev–Trinajstić information content (AvgIpc) is 2.39. The first-order valence-corrected chi connectivity index (χ1v) is 6.61. The van der Waals surface area contributed by atoms with Gasteiger partial charge in [0, 0.05) is 12.6 Å². The van der Waals surface area contributed by atoms with Gasteiger partial charge in [0.15, 0.2) is 0 Å². The van der Waals surface area contributed by atoms with Gasteiger partial charge in [-0.25, -0.2) is 0 Å². The van der Waals surface area contributed by atoms with Gasteiger partial charge in [-0.2, -0.15) is 13.2 Å². The van der Waals surface area contributed by atoms with Crippen molar-refractivity contribution in [3.05, 3.63) is 41.0 Å². The largest absolute Gasteiger partial charge is 0.416 e. The number of morpholine rings is 1. The van der Waals surface area contributed by atoms with Crippen LogP contribution in [0, 0.1) is 0 Å². The molecule has 1 aliphatic heterocycles. The summed E-state index contributed by atoms with van der Waals surface area (Å²) in [6, 6.07) is 5.51. The van der Waals surface area contributed by atoms with E-state index in [0.29, 0.717) is 6.61 Å². The van der Waals surface area contributed by atoms with Crippen molar-refractivity contribution in [3.63, 3.8) is 0 Å². The summed E-state index contributed by atoms with van der Waals surface area (Å²) in [4.78, 5) is 0. The second kappa shape index (κ2) is 6.41. The molecule has 20 heavy (non-hydrogen) atoms. The molecule has 0 aromatic heterocycles. The van der Waals surface area contributed by atoms with E-state index in [4.69, 9.17) is 4.74 Å². The zero-order valence-electron chi connectivity index (χ0n) is 11.3. The summed E-state index contributed by atoms with van der Waals surface area (Å²) in [5, 5.41) is 3.35. The summed E-state index contributed by atoms with van der Waals surface area (Å²) in [7, 11) is 0. The zero-order valence-corrected chi connectivity index (χ0v) is 11.3. The second-order valence-electron chi connectivity index (χ2n) is 5.04. The number of ether oxygens (including phenoxy) is 1. The van der Waals surface area contributed by atoms with E-state index in [1.54, 1.807) is 0 Å². The van der Waals surface area contributed by atoms with Gasteiger partial charge in [-0.3, -0.25) is 0 Å². The molecule has 1 N–H and O–H groups in total. The summed E-state index contributed by atoms with van der Waals surface area (Å²) in [6.07, 6.45) is -1.53. The molecule has 1 aliphatic rings. The summed E-state index contributed by atoms with van der Waals surface area (Å²) < 4.78 is 42.7. The van der Waals surface area contributed by atoms with Crippen LogP contribution in [0.4, 0.5) is 13.2 Å². The van der Waals surface area contributed by atoms with Gasteiger partial charge in [-0.15, -0.1) is 0 Å². The molecule has 1 heterocycles. The topological polar surface area (TPSA) is 21.3 Å². The monoisotopic (exact) mass is 285 g/mol. The fourth-order valence-electron chi connectivity index (χ4n) is 2.25. The van der Waals surface area contributed by atoms with Crippen LogP contribution in [0.2, 0.25) is 0 Å². The SMILES string of the molecule is C/C(=C/c1ccc(C(F)(F)F)cc1)CC1COCCN1. The maximum absolute atomic E-state index is 12.5. The minimum atomic E-state index is -4.28. The minimum Gasteiger partial charge on any atom is -0.379 e. The predicted octanol–water partition coefficient (Wildman–Crippen LogP) is 3.49. The zero-order chi connectivity index (χ0) is 14.6. The number of nitrogens with one attached hydrogen (secondary N) is 1. The van der Waals surface area contributed by atoms with Crippen LogP contribution in [0.25, 0.3) is 6.08 Å². The highest BCUT2D eigenvalue weighted by atomic mass is 19.4. The van der Waals surface area contributed by atoms with Crippen molar-refractivity contribution < 1.29 is 17.9 Å². The van der Waals surface area contributed by atoms with Crippen molar-refractivity contribution in [1.29, 1.82) is 0 Å². The molecule has 0 radical (unpaired) electrons. The van der Waals surface area contributed by atoms with Crippen LogP contribution in [0.3, 0.4) is 0 Å².